The van der Waals surface area contributed by atoms with Gasteiger partial charge in [-0.3, -0.25) is 9.52 Å². The van der Waals surface area contributed by atoms with Crippen molar-refractivity contribution in [3.05, 3.63) is 52.1 Å². The molecule has 0 radical (unpaired) electrons. The van der Waals surface area contributed by atoms with Gasteiger partial charge in [0.1, 0.15) is 17.2 Å². The number of benzene rings is 2. The fourth-order valence-electron chi connectivity index (χ4n) is 1.90. The second kappa shape index (κ2) is 13.1. The van der Waals surface area contributed by atoms with Crippen molar-refractivity contribution in [1.82, 2.24) is 4.72 Å². The van der Waals surface area contributed by atoms with Crippen LogP contribution in [0.2, 0.25) is 0 Å². The summed E-state index contributed by atoms with van der Waals surface area (Å²) in [6, 6.07) is 14.8. The predicted octanol–water partition coefficient (Wildman–Crippen LogP) is 4.83. The van der Waals surface area contributed by atoms with Crippen LogP contribution in [0.1, 0.15) is 6.92 Å². The molecule has 7 nitrogen and oxygen atoms in total. The number of hydrogen-bond acceptors (Lipinski definition) is 8. The molecule has 2 aromatic carbocycles. The van der Waals surface area contributed by atoms with E-state index in [9.17, 15) is 4.79 Å². The van der Waals surface area contributed by atoms with Crippen molar-refractivity contribution in [3.63, 3.8) is 0 Å². The molecule has 30 heavy (non-hydrogen) atoms. The number of nitrogens with zero attached hydrogens (tertiary/aromatic N) is 1. The van der Waals surface area contributed by atoms with Crippen LogP contribution in [0, 0.1) is 15.9 Å². The Bertz CT molecular complexity index is 886. The summed E-state index contributed by atoms with van der Waals surface area (Å²) >= 11 is 2.24. The molecule has 1 atom stereocenters. The Hall–Kier alpha value is -2.23. The smallest absolute Gasteiger partial charge is 0.396 e. The van der Waals surface area contributed by atoms with Crippen LogP contribution in [-0.4, -0.2) is 31.8 Å². The topological polar surface area (TPSA) is 78.4 Å². The van der Waals surface area contributed by atoms with Crippen LogP contribution in [0.5, 0.6) is 17.2 Å². The number of amides is 1. The molecule has 1 unspecified atom stereocenters. The van der Waals surface area contributed by atoms with Crippen LogP contribution < -0.4 is 14.2 Å². The molecule has 2 rings (SSSR count). The monoisotopic (exact) mass is 558 g/mol. The summed E-state index contributed by atoms with van der Waals surface area (Å²) in [6.07, 6.45) is 4.42. The maximum absolute atomic E-state index is 12.1. The minimum Gasteiger partial charge on any atom is -0.481 e. The Labute approximate surface area is 197 Å². The summed E-state index contributed by atoms with van der Waals surface area (Å²) in [4.78, 5) is 12.1. The molecular weight excluding hydrogens is 539 g/mol. The van der Waals surface area contributed by atoms with Gasteiger partial charge in [0.25, 0.3) is 5.91 Å². The summed E-state index contributed by atoms with van der Waals surface area (Å²) in [5.41, 5.74) is 0. The van der Waals surface area contributed by atoms with Gasteiger partial charge in [0, 0.05) is 14.6 Å². The van der Waals surface area contributed by atoms with E-state index in [-0.39, 0.29) is 18.6 Å². The van der Waals surface area contributed by atoms with Gasteiger partial charge in [-0.15, -0.1) is 10.8 Å². The van der Waals surface area contributed by atoms with Crippen LogP contribution in [0.15, 0.2) is 52.9 Å². The fraction of sp³-hybridized carbons (Fsp3) is 0.200. The number of terminal acetylenes is 1. The van der Waals surface area contributed by atoms with E-state index in [4.69, 9.17) is 25.4 Å². The van der Waals surface area contributed by atoms with Gasteiger partial charge >= 0.3 is 6.08 Å². The number of carbonyl (C=O) groups is 1. The first-order chi connectivity index (χ1) is 14.5. The molecule has 158 valence electrons. The van der Waals surface area contributed by atoms with Crippen molar-refractivity contribution in [3.8, 4) is 29.6 Å². The zero-order valence-electron chi connectivity index (χ0n) is 16.2. The van der Waals surface area contributed by atoms with Gasteiger partial charge < -0.3 is 18.9 Å². The van der Waals surface area contributed by atoms with Gasteiger partial charge in [0.2, 0.25) is 0 Å². The van der Waals surface area contributed by atoms with E-state index in [2.05, 4.69) is 37.6 Å². The van der Waals surface area contributed by atoms with Crippen molar-refractivity contribution in [2.75, 3.05) is 13.7 Å². The molecule has 0 heterocycles. The van der Waals surface area contributed by atoms with Crippen molar-refractivity contribution >= 4 is 56.5 Å². The van der Waals surface area contributed by atoms with Gasteiger partial charge in [-0.05, 0) is 78.0 Å². The molecule has 2 aromatic rings. The highest BCUT2D eigenvalue weighted by Crippen LogP contribution is 2.25. The lowest BCUT2D eigenvalue weighted by Crippen LogP contribution is -2.32. The summed E-state index contributed by atoms with van der Waals surface area (Å²) < 4.78 is 29.0. The maximum atomic E-state index is 12.1. The normalized spacial score (nSPS) is 11.7. The Morgan fingerprint density at radius 2 is 1.77 bits per heavy atom. The average molecular weight is 558 g/mol. The lowest BCUT2D eigenvalue weighted by Gasteiger charge is -2.14. The third kappa shape index (κ3) is 8.64. The zero-order chi connectivity index (χ0) is 21.8. The molecule has 0 aliphatic rings. The van der Waals surface area contributed by atoms with E-state index in [1.807, 2.05) is 24.3 Å². The highest BCUT2D eigenvalue weighted by atomic mass is 127. The maximum Gasteiger partial charge on any atom is 0.396 e. The lowest BCUT2D eigenvalue weighted by atomic mass is 10.3. The van der Waals surface area contributed by atoms with E-state index >= 15 is 0 Å². The second-order valence-electron chi connectivity index (χ2n) is 5.47. The van der Waals surface area contributed by atoms with Crippen molar-refractivity contribution < 1.29 is 23.7 Å². The van der Waals surface area contributed by atoms with Gasteiger partial charge in [-0.2, -0.15) is 0 Å². The molecule has 0 saturated heterocycles. The summed E-state index contributed by atoms with van der Waals surface area (Å²) in [5.74, 6) is 3.96. The summed E-state index contributed by atoms with van der Waals surface area (Å²) in [7, 11) is 3.38. The largest absolute Gasteiger partial charge is 0.481 e. The summed E-state index contributed by atoms with van der Waals surface area (Å²) in [5, 5.41) is 0. The van der Waals surface area contributed by atoms with Gasteiger partial charge in [-0.25, -0.2) is 0 Å². The van der Waals surface area contributed by atoms with Crippen LogP contribution in [-0.2, 0) is 14.3 Å². The van der Waals surface area contributed by atoms with Crippen LogP contribution in [0.25, 0.3) is 0 Å². The molecule has 1 amide bonds. The number of halogens is 1. The summed E-state index contributed by atoms with van der Waals surface area (Å²) in [6.45, 7) is 1.69. The number of carbonyl (C=O) groups excluding carboxylic acids is 1. The van der Waals surface area contributed by atoms with E-state index in [1.165, 1.54) is 7.11 Å². The lowest BCUT2D eigenvalue weighted by molar-refractivity contribution is -0.125. The number of rotatable bonds is 9. The van der Waals surface area contributed by atoms with Crippen LogP contribution >= 0.6 is 44.6 Å². The van der Waals surface area contributed by atoms with E-state index in [0.717, 1.165) is 31.3 Å². The Balaban J connectivity index is 1.77. The number of hydrogen-bond donors (Lipinski definition) is 1. The van der Waals surface area contributed by atoms with E-state index < -0.39 is 6.10 Å². The molecule has 0 spiro atoms. The molecule has 0 fully saturated rings. The number of nitrogens with one attached hydrogen (secondary N) is 1. The van der Waals surface area contributed by atoms with Crippen molar-refractivity contribution in [2.45, 2.75) is 13.0 Å². The molecule has 1 N–H and O–H groups in total. The van der Waals surface area contributed by atoms with Crippen molar-refractivity contribution in [2.24, 2.45) is 4.40 Å². The van der Waals surface area contributed by atoms with E-state index in [1.54, 1.807) is 31.2 Å². The first-order valence-electron chi connectivity index (χ1n) is 8.52. The van der Waals surface area contributed by atoms with Gasteiger partial charge in [0.15, 0.2) is 12.7 Å². The molecular formula is C20H19IN2O5S2. The quantitative estimate of drug-likeness (QED) is 0.0899. The van der Waals surface area contributed by atoms with E-state index in [0.29, 0.717) is 11.5 Å². The first-order valence-corrected chi connectivity index (χ1v) is 11.7. The Morgan fingerprint density at radius 3 is 2.37 bits per heavy atom. The SMILES string of the molecule is C#CCOC(=NSSNC(=O)C(C)Oc1ccc(Oc2ccc(I)cc2)cc1)OC. The number of methoxy groups -OCH3 is 1. The zero-order valence-corrected chi connectivity index (χ0v) is 20.0. The van der Waals surface area contributed by atoms with Crippen LogP contribution in [0.3, 0.4) is 0 Å². The molecule has 10 heteroatoms. The number of ether oxygens (including phenoxy) is 4. The van der Waals surface area contributed by atoms with Gasteiger partial charge in [-0.1, -0.05) is 5.92 Å². The third-order valence-electron chi connectivity index (χ3n) is 3.30. The molecule has 0 aliphatic heterocycles. The van der Waals surface area contributed by atoms with Crippen LogP contribution in [0.4, 0.5) is 0 Å². The Morgan fingerprint density at radius 1 is 1.17 bits per heavy atom. The Kier molecular flexibility index (Phi) is 10.5. The highest BCUT2D eigenvalue weighted by Gasteiger charge is 2.15. The minimum absolute atomic E-state index is 0.0246. The molecule has 0 aliphatic carbocycles. The first kappa shape index (κ1) is 24.0. The van der Waals surface area contributed by atoms with Gasteiger partial charge in [0.05, 0.1) is 18.1 Å². The molecule has 0 bridgehead atoms. The standard InChI is InChI=1S/C20H19IN2O5S2/c1-4-13-26-20(25-3)23-30-29-22-19(24)14(2)27-16-9-11-18(12-10-16)28-17-7-5-15(21)6-8-17/h1,5-12,14H,13H2,2-3H3,(H,22,24). The van der Waals surface area contributed by atoms with Crippen molar-refractivity contribution in [1.29, 1.82) is 0 Å². The predicted molar refractivity (Wildman–Crippen MR) is 128 cm³/mol. The fourth-order valence-corrected chi connectivity index (χ4v) is 3.42. The highest BCUT2D eigenvalue weighted by molar-refractivity contribution is 14.1. The second-order valence-corrected chi connectivity index (χ2v) is 8.36. The average Bonchev–Trinajstić information content (AvgIpc) is 2.76. The minimum atomic E-state index is -0.704. The molecule has 0 saturated carbocycles. The third-order valence-corrected chi connectivity index (χ3v) is 5.30. The molecule has 0 aromatic heterocycles.